The number of carbonyl (C=O) groups is 1. The predicted molar refractivity (Wildman–Crippen MR) is 101 cm³/mol. The van der Waals surface area contributed by atoms with Gasteiger partial charge in [0.25, 0.3) is 5.91 Å². The summed E-state index contributed by atoms with van der Waals surface area (Å²) in [5.41, 5.74) is 3.36. The molecule has 27 heavy (non-hydrogen) atoms. The lowest BCUT2D eigenvalue weighted by Gasteiger charge is -2.10. The van der Waals surface area contributed by atoms with E-state index in [1.807, 2.05) is 43.3 Å². The first-order valence-corrected chi connectivity index (χ1v) is 9.10. The maximum atomic E-state index is 12.3. The third kappa shape index (κ3) is 3.90. The molecule has 0 saturated carbocycles. The van der Waals surface area contributed by atoms with Gasteiger partial charge in [-0.2, -0.15) is 0 Å². The molecule has 0 unspecified atom stereocenters. The maximum Gasteiger partial charge on any atom is 0.251 e. The average molecular weight is 363 g/mol. The first-order chi connectivity index (χ1) is 13.2. The lowest BCUT2D eigenvalue weighted by Crippen LogP contribution is -2.31. The van der Waals surface area contributed by atoms with Crippen LogP contribution in [-0.2, 0) is 4.74 Å². The van der Waals surface area contributed by atoms with E-state index in [1.54, 1.807) is 12.1 Å². The van der Waals surface area contributed by atoms with Crippen molar-refractivity contribution in [1.29, 1.82) is 0 Å². The van der Waals surface area contributed by atoms with E-state index >= 15 is 0 Å². The summed E-state index contributed by atoms with van der Waals surface area (Å²) in [6.45, 7) is 3.33. The number of benzene rings is 2. The summed E-state index contributed by atoms with van der Waals surface area (Å²) in [5, 5.41) is 11.2. The minimum Gasteiger partial charge on any atom is -0.416 e. The molecular formula is C21H21N3O3. The molecule has 1 aliphatic rings. The van der Waals surface area contributed by atoms with Gasteiger partial charge in [0.15, 0.2) is 0 Å². The normalized spacial score (nSPS) is 16.4. The summed E-state index contributed by atoms with van der Waals surface area (Å²) in [5.74, 6) is 0.809. The third-order valence-electron chi connectivity index (χ3n) is 4.71. The average Bonchev–Trinajstić information content (AvgIpc) is 3.39. The van der Waals surface area contributed by atoms with Gasteiger partial charge in [0, 0.05) is 29.8 Å². The fourth-order valence-corrected chi connectivity index (χ4v) is 3.14. The van der Waals surface area contributed by atoms with Crippen LogP contribution in [0.4, 0.5) is 0 Å². The number of amides is 1. The van der Waals surface area contributed by atoms with Crippen LogP contribution in [0.5, 0.6) is 0 Å². The number of nitrogens with zero attached hydrogens (tertiary/aromatic N) is 2. The number of carbonyl (C=O) groups excluding carboxylic acids is 1. The van der Waals surface area contributed by atoms with E-state index in [9.17, 15) is 4.79 Å². The molecule has 1 atom stereocenters. The van der Waals surface area contributed by atoms with Crippen molar-refractivity contribution >= 4 is 5.91 Å². The molecule has 1 fully saturated rings. The van der Waals surface area contributed by atoms with E-state index < -0.39 is 0 Å². The quantitative estimate of drug-likeness (QED) is 0.749. The van der Waals surface area contributed by atoms with E-state index in [4.69, 9.17) is 9.15 Å². The molecule has 0 radical (unpaired) electrons. The van der Waals surface area contributed by atoms with Gasteiger partial charge >= 0.3 is 0 Å². The van der Waals surface area contributed by atoms with Gasteiger partial charge < -0.3 is 14.5 Å². The molecule has 4 rings (SSSR count). The number of hydrogen-bond acceptors (Lipinski definition) is 5. The van der Waals surface area contributed by atoms with Crippen LogP contribution in [0, 0.1) is 6.92 Å². The van der Waals surface area contributed by atoms with Gasteiger partial charge in [0.2, 0.25) is 11.8 Å². The molecule has 1 saturated heterocycles. The van der Waals surface area contributed by atoms with Gasteiger partial charge in [-0.15, -0.1) is 10.2 Å². The van der Waals surface area contributed by atoms with E-state index in [-0.39, 0.29) is 12.0 Å². The Kier molecular flexibility index (Phi) is 4.98. The molecule has 2 aromatic carbocycles. The summed E-state index contributed by atoms with van der Waals surface area (Å²) in [4.78, 5) is 12.3. The highest BCUT2D eigenvalue weighted by Gasteiger charge is 2.17. The van der Waals surface area contributed by atoms with Crippen LogP contribution < -0.4 is 5.32 Å². The van der Waals surface area contributed by atoms with Crippen LogP contribution in [0.15, 0.2) is 52.9 Å². The largest absolute Gasteiger partial charge is 0.416 e. The zero-order valence-electron chi connectivity index (χ0n) is 15.1. The van der Waals surface area contributed by atoms with Crippen molar-refractivity contribution in [2.75, 3.05) is 13.2 Å². The first-order valence-electron chi connectivity index (χ1n) is 9.10. The van der Waals surface area contributed by atoms with Crippen LogP contribution in [0.1, 0.15) is 28.8 Å². The Balaban J connectivity index is 1.44. The molecular weight excluding hydrogens is 342 g/mol. The van der Waals surface area contributed by atoms with Crippen LogP contribution in [0.25, 0.3) is 22.9 Å². The van der Waals surface area contributed by atoms with Crippen molar-refractivity contribution in [2.45, 2.75) is 25.9 Å². The zero-order chi connectivity index (χ0) is 18.6. The highest BCUT2D eigenvalue weighted by Crippen LogP contribution is 2.26. The predicted octanol–water partition coefficient (Wildman–Crippen LogP) is 3.62. The van der Waals surface area contributed by atoms with Gasteiger partial charge in [-0.3, -0.25) is 4.79 Å². The molecule has 6 heteroatoms. The maximum absolute atomic E-state index is 12.3. The number of nitrogens with one attached hydrogen (secondary N) is 1. The monoisotopic (exact) mass is 363 g/mol. The van der Waals surface area contributed by atoms with Crippen LogP contribution in [0.3, 0.4) is 0 Å². The van der Waals surface area contributed by atoms with E-state index in [2.05, 4.69) is 15.5 Å². The smallest absolute Gasteiger partial charge is 0.251 e. The summed E-state index contributed by atoms with van der Waals surface area (Å²) in [6.07, 6.45) is 2.19. The molecule has 6 nitrogen and oxygen atoms in total. The highest BCUT2D eigenvalue weighted by molar-refractivity contribution is 5.94. The SMILES string of the molecule is Cc1ccccc1-c1nnc(-c2ccc(C(=O)NC[C@H]3CCCO3)cc2)o1. The Morgan fingerprint density at radius 3 is 2.63 bits per heavy atom. The van der Waals surface area contributed by atoms with Crippen molar-refractivity contribution in [2.24, 2.45) is 0 Å². The van der Waals surface area contributed by atoms with Crippen LogP contribution in [0.2, 0.25) is 0 Å². The topological polar surface area (TPSA) is 77.2 Å². The Morgan fingerprint density at radius 1 is 1.11 bits per heavy atom. The van der Waals surface area contributed by atoms with Crippen molar-refractivity contribution in [1.82, 2.24) is 15.5 Å². The zero-order valence-corrected chi connectivity index (χ0v) is 15.1. The number of ether oxygens (including phenoxy) is 1. The van der Waals surface area contributed by atoms with Gasteiger partial charge in [-0.05, 0) is 55.7 Å². The fraction of sp³-hybridized carbons (Fsp3) is 0.286. The minimum absolute atomic E-state index is 0.108. The number of hydrogen-bond donors (Lipinski definition) is 1. The molecule has 1 N–H and O–H groups in total. The Labute approximate surface area is 157 Å². The Bertz CT molecular complexity index is 928. The Hall–Kier alpha value is -2.99. The van der Waals surface area contributed by atoms with Gasteiger partial charge in [0.05, 0.1) is 6.10 Å². The van der Waals surface area contributed by atoms with E-state index in [0.29, 0.717) is 23.9 Å². The second-order valence-corrected chi connectivity index (χ2v) is 6.65. The van der Waals surface area contributed by atoms with Crippen LogP contribution in [-0.4, -0.2) is 35.4 Å². The number of aromatic nitrogens is 2. The second kappa shape index (κ2) is 7.72. The third-order valence-corrected chi connectivity index (χ3v) is 4.71. The lowest BCUT2D eigenvalue weighted by atomic mass is 10.1. The van der Waals surface area contributed by atoms with Gasteiger partial charge in [-0.1, -0.05) is 18.2 Å². The second-order valence-electron chi connectivity index (χ2n) is 6.65. The lowest BCUT2D eigenvalue weighted by molar-refractivity contribution is 0.0858. The van der Waals surface area contributed by atoms with Crippen molar-refractivity contribution in [3.63, 3.8) is 0 Å². The van der Waals surface area contributed by atoms with E-state index in [1.165, 1.54) is 0 Å². The molecule has 2 heterocycles. The summed E-state index contributed by atoms with van der Waals surface area (Å²) in [7, 11) is 0. The molecule has 3 aromatic rings. The highest BCUT2D eigenvalue weighted by atomic mass is 16.5. The van der Waals surface area contributed by atoms with Gasteiger partial charge in [-0.25, -0.2) is 0 Å². The summed E-state index contributed by atoms with van der Waals surface area (Å²) in [6, 6.07) is 15.0. The molecule has 0 bridgehead atoms. The Morgan fingerprint density at radius 2 is 1.89 bits per heavy atom. The molecule has 138 valence electrons. The molecule has 0 spiro atoms. The minimum atomic E-state index is -0.108. The number of rotatable bonds is 5. The molecule has 1 aliphatic heterocycles. The number of aryl methyl sites for hydroxylation is 1. The summed E-state index contributed by atoms with van der Waals surface area (Å²) < 4.78 is 11.3. The fourth-order valence-electron chi connectivity index (χ4n) is 3.14. The van der Waals surface area contributed by atoms with Gasteiger partial charge in [0.1, 0.15) is 0 Å². The van der Waals surface area contributed by atoms with Crippen molar-refractivity contribution < 1.29 is 13.9 Å². The standard InChI is InChI=1S/C21H21N3O3/c1-14-5-2-3-7-18(14)21-24-23-20(27-21)16-10-8-15(9-11-16)19(25)22-13-17-6-4-12-26-17/h2-3,5,7-11,17H,4,6,12-13H2,1H3,(H,22,25)/t17-/m1/s1. The molecule has 1 aromatic heterocycles. The summed E-state index contributed by atoms with van der Waals surface area (Å²) >= 11 is 0. The van der Waals surface area contributed by atoms with Crippen LogP contribution >= 0.6 is 0 Å². The van der Waals surface area contributed by atoms with E-state index in [0.717, 1.165) is 36.1 Å². The first kappa shape index (κ1) is 17.4. The van der Waals surface area contributed by atoms with Crippen molar-refractivity contribution in [3.05, 3.63) is 59.7 Å². The molecule has 0 aliphatic carbocycles. The molecule has 1 amide bonds. The van der Waals surface area contributed by atoms with Crippen molar-refractivity contribution in [3.8, 4) is 22.9 Å².